The van der Waals surface area contributed by atoms with Gasteiger partial charge in [-0.15, -0.1) is 0 Å². The van der Waals surface area contributed by atoms with E-state index in [9.17, 15) is 0 Å². The van der Waals surface area contributed by atoms with Gasteiger partial charge < -0.3 is 5.73 Å². The summed E-state index contributed by atoms with van der Waals surface area (Å²) >= 11 is 10.4. The van der Waals surface area contributed by atoms with Gasteiger partial charge in [-0.05, 0) is 51.3 Å². The summed E-state index contributed by atoms with van der Waals surface area (Å²) in [7, 11) is 0. The fraction of sp³-hybridized carbons (Fsp3) is 0.0833. The van der Waals surface area contributed by atoms with Crippen LogP contribution in [0.5, 0.6) is 0 Å². The zero-order valence-electron chi connectivity index (χ0n) is 8.70. The first kappa shape index (κ1) is 13.2. The van der Waals surface area contributed by atoms with Crippen LogP contribution in [0, 0.1) is 0 Å². The van der Waals surface area contributed by atoms with E-state index in [1.54, 1.807) is 12.4 Å². The molecule has 2 nitrogen and oxygen atoms in total. The highest BCUT2D eigenvalue weighted by Gasteiger charge is 2.13. The molecular weight excluding hydrogens is 412 g/mol. The molecular formula is C12H9Br3N2. The highest BCUT2D eigenvalue weighted by atomic mass is 79.9. The zero-order valence-corrected chi connectivity index (χ0v) is 13.5. The van der Waals surface area contributed by atoms with E-state index in [0.717, 1.165) is 24.5 Å². The largest absolute Gasteiger partial charge is 0.320 e. The Morgan fingerprint density at radius 3 is 2.47 bits per heavy atom. The SMILES string of the molecule is NC(c1cncc(Br)c1)c1cc(Br)ccc1Br. The normalized spacial score (nSPS) is 12.5. The Morgan fingerprint density at radius 1 is 1.00 bits per heavy atom. The second-order valence-electron chi connectivity index (χ2n) is 3.58. The summed E-state index contributed by atoms with van der Waals surface area (Å²) in [5.41, 5.74) is 8.24. The van der Waals surface area contributed by atoms with Crippen molar-refractivity contribution in [1.29, 1.82) is 0 Å². The highest BCUT2D eigenvalue weighted by molar-refractivity contribution is 9.11. The first-order valence-corrected chi connectivity index (χ1v) is 7.27. The van der Waals surface area contributed by atoms with E-state index < -0.39 is 0 Å². The smallest absolute Gasteiger partial charge is 0.0578 e. The van der Waals surface area contributed by atoms with E-state index in [1.165, 1.54) is 0 Å². The summed E-state index contributed by atoms with van der Waals surface area (Å²) in [5.74, 6) is 0. The first-order valence-electron chi connectivity index (χ1n) is 4.89. The molecule has 1 aromatic carbocycles. The minimum atomic E-state index is -0.202. The predicted octanol–water partition coefficient (Wildman–Crippen LogP) is 4.42. The molecule has 0 saturated heterocycles. The van der Waals surface area contributed by atoms with Crippen molar-refractivity contribution in [3.05, 3.63) is 61.2 Å². The van der Waals surface area contributed by atoms with Crippen molar-refractivity contribution in [3.63, 3.8) is 0 Å². The second-order valence-corrected chi connectivity index (χ2v) is 6.27. The molecule has 0 aliphatic carbocycles. The second kappa shape index (κ2) is 5.61. The molecule has 0 radical (unpaired) electrons. The summed E-state index contributed by atoms with van der Waals surface area (Å²) in [4.78, 5) is 4.13. The van der Waals surface area contributed by atoms with Gasteiger partial charge in [-0.1, -0.05) is 31.9 Å². The Kier molecular flexibility index (Phi) is 4.36. The third-order valence-corrected chi connectivity index (χ3v) is 4.03. The summed E-state index contributed by atoms with van der Waals surface area (Å²) in [5, 5.41) is 0. The molecule has 0 amide bonds. The van der Waals surface area contributed by atoms with Crippen molar-refractivity contribution in [1.82, 2.24) is 4.98 Å². The number of aromatic nitrogens is 1. The van der Waals surface area contributed by atoms with Crippen LogP contribution in [-0.2, 0) is 0 Å². The minimum Gasteiger partial charge on any atom is -0.320 e. The maximum absolute atomic E-state index is 6.24. The lowest BCUT2D eigenvalue weighted by molar-refractivity contribution is 0.855. The van der Waals surface area contributed by atoms with Crippen molar-refractivity contribution in [2.24, 2.45) is 5.73 Å². The number of pyridine rings is 1. The van der Waals surface area contributed by atoms with Crippen LogP contribution in [0.1, 0.15) is 17.2 Å². The molecule has 88 valence electrons. The van der Waals surface area contributed by atoms with Crippen molar-refractivity contribution >= 4 is 47.8 Å². The summed E-state index contributed by atoms with van der Waals surface area (Å²) in [6, 6.07) is 7.73. The molecule has 1 aromatic heterocycles. The average molecular weight is 421 g/mol. The summed E-state index contributed by atoms with van der Waals surface area (Å²) < 4.78 is 2.93. The summed E-state index contributed by atoms with van der Waals surface area (Å²) in [6.07, 6.45) is 3.52. The van der Waals surface area contributed by atoms with Crippen LogP contribution in [0.4, 0.5) is 0 Å². The number of hydrogen-bond acceptors (Lipinski definition) is 2. The number of hydrogen-bond donors (Lipinski definition) is 1. The van der Waals surface area contributed by atoms with Gasteiger partial charge in [0.1, 0.15) is 0 Å². The molecule has 2 rings (SSSR count). The van der Waals surface area contributed by atoms with Gasteiger partial charge in [0.15, 0.2) is 0 Å². The average Bonchev–Trinajstić information content (AvgIpc) is 2.31. The van der Waals surface area contributed by atoms with Crippen LogP contribution >= 0.6 is 47.8 Å². The Hall–Kier alpha value is -0.230. The molecule has 0 aliphatic heterocycles. The van der Waals surface area contributed by atoms with Crippen LogP contribution in [0.3, 0.4) is 0 Å². The Labute approximate surface area is 125 Å². The monoisotopic (exact) mass is 418 g/mol. The quantitative estimate of drug-likeness (QED) is 0.781. The van der Waals surface area contributed by atoms with E-state index in [2.05, 4.69) is 52.8 Å². The maximum atomic E-state index is 6.24. The lowest BCUT2D eigenvalue weighted by atomic mass is 10.0. The minimum absolute atomic E-state index is 0.202. The number of nitrogens with zero attached hydrogens (tertiary/aromatic N) is 1. The van der Waals surface area contributed by atoms with Gasteiger partial charge in [0.05, 0.1) is 6.04 Å². The van der Waals surface area contributed by atoms with Gasteiger partial charge in [-0.25, -0.2) is 0 Å². The van der Waals surface area contributed by atoms with Gasteiger partial charge >= 0.3 is 0 Å². The van der Waals surface area contributed by atoms with Gasteiger partial charge in [-0.2, -0.15) is 0 Å². The van der Waals surface area contributed by atoms with E-state index in [-0.39, 0.29) is 6.04 Å². The van der Waals surface area contributed by atoms with E-state index >= 15 is 0 Å². The van der Waals surface area contributed by atoms with Crippen LogP contribution in [0.15, 0.2) is 50.1 Å². The van der Waals surface area contributed by atoms with Crippen molar-refractivity contribution in [2.45, 2.75) is 6.04 Å². The molecule has 0 aliphatic rings. The molecule has 1 unspecified atom stereocenters. The lowest BCUT2D eigenvalue weighted by Crippen LogP contribution is -2.12. The molecule has 0 saturated carbocycles. The predicted molar refractivity (Wildman–Crippen MR) is 79.8 cm³/mol. The third kappa shape index (κ3) is 3.16. The molecule has 2 aromatic rings. The van der Waals surface area contributed by atoms with E-state index in [0.29, 0.717) is 0 Å². The van der Waals surface area contributed by atoms with Gasteiger partial charge in [-0.3, -0.25) is 4.98 Å². The Bertz CT molecular complexity index is 543. The topological polar surface area (TPSA) is 38.9 Å². The zero-order chi connectivity index (χ0) is 12.4. The number of rotatable bonds is 2. The number of nitrogens with two attached hydrogens (primary N) is 1. The molecule has 2 N–H and O–H groups in total. The van der Waals surface area contributed by atoms with E-state index in [1.807, 2.05) is 24.3 Å². The Morgan fingerprint density at radius 2 is 1.76 bits per heavy atom. The molecule has 1 heterocycles. The van der Waals surface area contributed by atoms with Crippen molar-refractivity contribution in [3.8, 4) is 0 Å². The standard InChI is InChI=1S/C12H9Br3N2/c13-8-1-2-11(15)10(4-8)12(16)7-3-9(14)6-17-5-7/h1-6,12H,16H2. The van der Waals surface area contributed by atoms with Crippen molar-refractivity contribution in [2.75, 3.05) is 0 Å². The molecule has 0 spiro atoms. The highest BCUT2D eigenvalue weighted by Crippen LogP contribution is 2.30. The lowest BCUT2D eigenvalue weighted by Gasteiger charge is -2.14. The van der Waals surface area contributed by atoms with Gasteiger partial charge in [0.2, 0.25) is 0 Å². The molecule has 1 atom stereocenters. The Balaban J connectivity index is 2.43. The molecule has 0 bridgehead atoms. The van der Waals surface area contributed by atoms with Gasteiger partial charge in [0, 0.05) is 25.8 Å². The molecule has 17 heavy (non-hydrogen) atoms. The number of halogens is 3. The number of benzene rings is 1. The van der Waals surface area contributed by atoms with Crippen LogP contribution < -0.4 is 5.73 Å². The van der Waals surface area contributed by atoms with Crippen molar-refractivity contribution < 1.29 is 0 Å². The summed E-state index contributed by atoms with van der Waals surface area (Å²) in [6.45, 7) is 0. The fourth-order valence-electron chi connectivity index (χ4n) is 1.53. The van der Waals surface area contributed by atoms with Crippen LogP contribution in [0.25, 0.3) is 0 Å². The molecule has 0 fully saturated rings. The van der Waals surface area contributed by atoms with Crippen LogP contribution in [0.2, 0.25) is 0 Å². The van der Waals surface area contributed by atoms with Crippen LogP contribution in [-0.4, -0.2) is 4.98 Å². The fourth-order valence-corrected chi connectivity index (χ4v) is 2.79. The first-order chi connectivity index (χ1) is 8.08. The third-order valence-electron chi connectivity index (χ3n) is 2.38. The molecule has 5 heteroatoms. The van der Waals surface area contributed by atoms with E-state index in [4.69, 9.17) is 5.73 Å². The maximum Gasteiger partial charge on any atom is 0.0578 e. The van der Waals surface area contributed by atoms with Gasteiger partial charge in [0.25, 0.3) is 0 Å².